The van der Waals surface area contributed by atoms with Crippen LogP contribution in [0.4, 0.5) is 23.4 Å². The van der Waals surface area contributed by atoms with E-state index in [1.54, 1.807) is 0 Å². The highest BCUT2D eigenvalue weighted by molar-refractivity contribution is 5.90. The maximum absolute atomic E-state index is 14.1. The van der Waals surface area contributed by atoms with Gasteiger partial charge in [-0.2, -0.15) is 18.9 Å². The predicted molar refractivity (Wildman–Crippen MR) is 104 cm³/mol. The summed E-state index contributed by atoms with van der Waals surface area (Å²) in [4.78, 5) is 23.2. The van der Waals surface area contributed by atoms with Crippen molar-refractivity contribution in [3.8, 4) is 11.7 Å². The van der Waals surface area contributed by atoms with Crippen molar-refractivity contribution >= 4 is 22.6 Å². The quantitative estimate of drug-likeness (QED) is 0.594. The SMILES string of the molecule is CC(=O)Nc1cc2c(cn1)cnn2-c1cc(OC2CC3(C2)CC3(F)F)nc(C(C)(F)F)n1. The summed E-state index contributed by atoms with van der Waals surface area (Å²) in [5.41, 5.74) is -0.560. The number of fused-ring (bicyclic) bond motifs is 1. The number of amides is 1. The molecule has 2 fully saturated rings. The lowest BCUT2D eigenvalue weighted by Crippen LogP contribution is -2.39. The van der Waals surface area contributed by atoms with Gasteiger partial charge >= 0.3 is 5.92 Å². The molecule has 5 rings (SSSR count). The summed E-state index contributed by atoms with van der Waals surface area (Å²) in [7, 11) is 0. The summed E-state index contributed by atoms with van der Waals surface area (Å²) in [6, 6.07) is 2.86. The molecular formula is C20H18F4N6O2. The van der Waals surface area contributed by atoms with Crippen molar-refractivity contribution in [1.82, 2.24) is 24.7 Å². The number of aromatic nitrogens is 5. The minimum absolute atomic E-state index is 0.00675. The Kier molecular flexibility index (Phi) is 4.24. The number of nitrogens with one attached hydrogen (secondary N) is 1. The van der Waals surface area contributed by atoms with Gasteiger partial charge in [0.05, 0.1) is 11.7 Å². The minimum atomic E-state index is -3.37. The first-order valence-electron chi connectivity index (χ1n) is 9.89. The van der Waals surface area contributed by atoms with Gasteiger partial charge in [-0.05, 0) is 12.8 Å². The van der Waals surface area contributed by atoms with E-state index in [1.807, 2.05) is 0 Å². The third kappa shape index (κ3) is 3.43. The van der Waals surface area contributed by atoms with Crippen molar-refractivity contribution in [2.75, 3.05) is 5.32 Å². The lowest BCUT2D eigenvalue weighted by atomic mass is 9.78. The molecule has 1 N–H and O–H groups in total. The van der Waals surface area contributed by atoms with Gasteiger partial charge in [0.1, 0.15) is 11.9 Å². The van der Waals surface area contributed by atoms with Crippen molar-refractivity contribution in [2.24, 2.45) is 5.41 Å². The van der Waals surface area contributed by atoms with Gasteiger partial charge in [0, 0.05) is 49.4 Å². The molecule has 2 aliphatic rings. The van der Waals surface area contributed by atoms with Crippen molar-refractivity contribution in [1.29, 1.82) is 0 Å². The van der Waals surface area contributed by atoms with Gasteiger partial charge in [0.25, 0.3) is 5.92 Å². The molecule has 1 spiro atoms. The normalized spacial score (nSPS) is 23.8. The second-order valence-electron chi connectivity index (χ2n) is 8.45. The van der Waals surface area contributed by atoms with Crippen molar-refractivity contribution in [2.45, 2.75) is 51.1 Å². The molecule has 0 unspecified atom stereocenters. The van der Waals surface area contributed by atoms with Crippen LogP contribution < -0.4 is 10.1 Å². The number of hydrogen-bond acceptors (Lipinski definition) is 6. The van der Waals surface area contributed by atoms with Crippen LogP contribution in [0.5, 0.6) is 5.88 Å². The third-order valence-corrected chi connectivity index (χ3v) is 5.79. The zero-order valence-corrected chi connectivity index (χ0v) is 17.1. The van der Waals surface area contributed by atoms with Gasteiger partial charge < -0.3 is 10.1 Å². The number of hydrogen-bond donors (Lipinski definition) is 1. The third-order valence-electron chi connectivity index (χ3n) is 5.79. The molecule has 12 heteroatoms. The highest BCUT2D eigenvalue weighted by Gasteiger charge is 2.76. The van der Waals surface area contributed by atoms with Crippen molar-refractivity contribution < 1.29 is 27.1 Å². The lowest BCUT2D eigenvalue weighted by molar-refractivity contribution is -0.114. The first kappa shape index (κ1) is 20.6. The second kappa shape index (κ2) is 6.59. The summed E-state index contributed by atoms with van der Waals surface area (Å²) in [5.74, 6) is -7.04. The molecule has 1 amide bonds. The highest BCUT2D eigenvalue weighted by Crippen LogP contribution is 2.71. The van der Waals surface area contributed by atoms with E-state index in [-0.39, 0.29) is 42.7 Å². The number of anilines is 1. The predicted octanol–water partition coefficient (Wildman–Crippen LogP) is 3.85. The summed E-state index contributed by atoms with van der Waals surface area (Å²) in [6.45, 7) is 1.98. The Morgan fingerprint density at radius 3 is 2.59 bits per heavy atom. The molecule has 2 saturated carbocycles. The van der Waals surface area contributed by atoms with Crippen LogP contribution in [-0.4, -0.2) is 42.7 Å². The average Bonchev–Trinajstić information content (AvgIpc) is 3.03. The Labute approximate surface area is 179 Å². The van der Waals surface area contributed by atoms with Crippen LogP contribution in [0.25, 0.3) is 16.7 Å². The first-order valence-corrected chi connectivity index (χ1v) is 9.89. The molecule has 0 aromatic carbocycles. The van der Waals surface area contributed by atoms with Gasteiger partial charge in [0.15, 0.2) is 5.82 Å². The molecule has 32 heavy (non-hydrogen) atoms. The molecule has 2 aliphatic carbocycles. The number of ether oxygens (including phenoxy) is 1. The zero-order chi connectivity index (χ0) is 22.9. The molecule has 0 atom stereocenters. The van der Waals surface area contributed by atoms with E-state index in [4.69, 9.17) is 4.74 Å². The summed E-state index contributed by atoms with van der Waals surface area (Å²) >= 11 is 0. The fourth-order valence-corrected chi connectivity index (χ4v) is 4.02. The topological polar surface area (TPSA) is 94.8 Å². The molecular weight excluding hydrogens is 432 g/mol. The number of rotatable bonds is 5. The van der Waals surface area contributed by atoms with Crippen LogP contribution in [0.1, 0.15) is 38.9 Å². The molecule has 8 nitrogen and oxygen atoms in total. The van der Waals surface area contributed by atoms with E-state index in [9.17, 15) is 22.4 Å². The van der Waals surface area contributed by atoms with Gasteiger partial charge in [-0.25, -0.2) is 23.4 Å². The zero-order valence-electron chi connectivity index (χ0n) is 17.1. The van der Waals surface area contributed by atoms with Crippen LogP contribution in [0.3, 0.4) is 0 Å². The fraction of sp³-hybridized carbons (Fsp3) is 0.450. The molecule has 3 aromatic heterocycles. The van der Waals surface area contributed by atoms with Gasteiger partial charge in [-0.3, -0.25) is 4.79 Å². The minimum Gasteiger partial charge on any atom is -0.474 e. The van der Waals surface area contributed by atoms with E-state index in [1.165, 1.54) is 36.1 Å². The molecule has 0 bridgehead atoms. The van der Waals surface area contributed by atoms with Crippen molar-refractivity contribution in [3.63, 3.8) is 0 Å². The summed E-state index contributed by atoms with van der Waals surface area (Å²) in [6.07, 6.45) is 2.53. The average molecular weight is 450 g/mol. The van der Waals surface area contributed by atoms with Crippen LogP contribution in [0.2, 0.25) is 0 Å². The van der Waals surface area contributed by atoms with E-state index < -0.39 is 29.2 Å². The van der Waals surface area contributed by atoms with E-state index >= 15 is 0 Å². The van der Waals surface area contributed by atoms with Crippen LogP contribution >= 0.6 is 0 Å². The number of halogens is 4. The van der Waals surface area contributed by atoms with Gasteiger partial charge in [-0.15, -0.1) is 0 Å². The molecule has 3 aromatic rings. The Morgan fingerprint density at radius 2 is 1.97 bits per heavy atom. The summed E-state index contributed by atoms with van der Waals surface area (Å²) in [5, 5.41) is 7.32. The largest absolute Gasteiger partial charge is 0.474 e. The van der Waals surface area contributed by atoms with Crippen molar-refractivity contribution in [3.05, 3.63) is 30.4 Å². The Morgan fingerprint density at radius 1 is 1.25 bits per heavy atom. The van der Waals surface area contributed by atoms with E-state index in [2.05, 4.69) is 25.4 Å². The molecule has 168 valence electrons. The van der Waals surface area contributed by atoms with Gasteiger partial charge in [-0.1, -0.05) is 0 Å². The number of alkyl halides is 4. The molecule has 0 radical (unpaired) electrons. The smallest absolute Gasteiger partial charge is 0.304 e. The lowest BCUT2D eigenvalue weighted by Gasteiger charge is -2.35. The highest BCUT2D eigenvalue weighted by atomic mass is 19.3. The first-order chi connectivity index (χ1) is 15.0. The van der Waals surface area contributed by atoms with E-state index in [0.29, 0.717) is 17.8 Å². The van der Waals surface area contributed by atoms with Crippen LogP contribution in [0, 0.1) is 5.41 Å². The Balaban J connectivity index is 1.49. The number of carbonyl (C=O) groups is 1. The van der Waals surface area contributed by atoms with E-state index in [0.717, 1.165) is 0 Å². The standard InChI is InChI=1S/C20H18F4N6O2/c1-10(31)27-14-3-13-11(7-25-14)8-26-30(13)15-4-16(29-17(28-15)18(2,21)22)32-12-5-19(6-12)9-20(19,23)24/h3-4,7-8,12H,5-6,9H2,1-2H3,(H,25,27,31). The number of nitrogens with zero attached hydrogens (tertiary/aromatic N) is 5. The number of pyridine rings is 1. The monoisotopic (exact) mass is 450 g/mol. The second-order valence-corrected chi connectivity index (χ2v) is 8.45. The fourth-order valence-electron chi connectivity index (χ4n) is 4.02. The Bertz CT molecular complexity index is 1230. The maximum Gasteiger partial charge on any atom is 0.304 e. The van der Waals surface area contributed by atoms with Gasteiger partial charge in [0.2, 0.25) is 17.6 Å². The summed E-state index contributed by atoms with van der Waals surface area (Å²) < 4.78 is 62.0. The molecule has 0 aliphatic heterocycles. The number of carbonyl (C=O) groups excluding carboxylic acids is 1. The molecule has 3 heterocycles. The van der Waals surface area contributed by atoms with Crippen LogP contribution in [-0.2, 0) is 10.7 Å². The maximum atomic E-state index is 14.1. The van der Waals surface area contributed by atoms with Crippen LogP contribution in [0.15, 0.2) is 24.5 Å². The molecule has 0 saturated heterocycles. The Hall–Kier alpha value is -3.31.